The van der Waals surface area contributed by atoms with Crippen molar-refractivity contribution in [3.8, 4) is 5.75 Å². The van der Waals surface area contributed by atoms with Gasteiger partial charge >= 0.3 is 5.97 Å². The molecule has 0 aromatic heterocycles. The zero-order valence-electron chi connectivity index (χ0n) is 11.2. The number of carbonyl (C=O) groups is 1. The Morgan fingerprint density at radius 1 is 1.50 bits per heavy atom. The van der Waals surface area contributed by atoms with E-state index in [-0.39, 0.29) is 12.6 Å². The highest BCUT2D eigenvalue weighted by atomic mass is 16.5. The molecule has 100 valence electrons. The van der Waals surface area contributed by atoms with Crippen molar-refractivity contribution in [2.24, 2.45) is 0 Å². The molecule has 4 heteroatoms. The van der Waals surface area contributed by atoms with Gasteiger partial charge in [0.2, 0.25) is 0 Å². The van der Waals surface area contributed by atoms with E-state index in [0.29, 0.717) is 0 Å². The van der Waals surface area contributed by atoms with Gasteiger partial charge in [-0.2, -0.15) is 0 Å². The number of methoxy groups -OCH3 is 1. The van der Waals surface area contributed by atoms with Gasteiger partial charge in [0.15, 0.2) is 0 Å². The van der Waals surface area contributed by atoms with Crippen LogP contribution >= 0.6 is 0 Å². The molecule has 1 atom stereocenters. The van der Waals surface area contributed by atoms with Gasteiger partial charge < -0.3 is 9.84 Å². The molecule has 0 bridgehead atoms. The molecular formula is C14H21NO3. The predicted octanol–water partition coefficient (Wildman–Crippen LogP) is 2.55. The summed E-state index contributed by atoms with van der Waals surface area (Å²) in [6, 6.07) is 7.83. The molecule has 1 aromatic rings. The molecule has 0 amide bonds. The number of carboxylic acid groups (broad SMARTS) is 1. The maximum atomic E-state index is 10.9. The Morgan fingerprint density at radius 2 is 2.22 bits per heavy atom. The monoisotopic (exact) mass is 251 g/mol. The molecule has 0 fully saturated rings. The molecule has 0 radical (unpaired) electrons. The van der Waals surface area contributed by atoms with Gasteiger partial charge in [0.05, 0.1) is 13.7 Å². The minimum Gasteiger partial charge on any atom is -0.497 e. The number of aliphatic carboxylic acids is 1. The van der Waals surface area contributed by atoms with Crippen LogP contribution in [0.15, 0.2) is 24.3 Å². The van der Waals surface area contributed by atoms with Crippen molar-refractivity contribution in [1.29, 1.82) is 0 Å². The maximum Gasteiger partial charge on any atom is 0.317 e. The van der Waals surface area contributed by atoms with E-state index in [1.54, 1.807) is 7.11 Å². The van der Waals surface area contributed by atoms with Gasteiger partial charge in [-0.15, -0.1) is 0 Å². The summed E-state index contributed by atoms with van der Waals surface area (Å²) in [5.41, 5.74) is 1.07. The van der Waals surface area contributed by atoms with Crippen LogP contribution in [0.3, 0.4) is 0 Å². The standard InChI is InChI=1S/C14H21NO3/c1-4-8-15(10-14(16)17)11(2)12-6-5-7-13(9-12)18-3/h5-7,9,11H,4,8,10H2,1-3H3,(H,16,17). The van der Waals surface area contributed by atoms with Crippen LogP contribution in [0.5, 0.6) is 5.75 Å². The van der Waals surface area contributed by atoms with Gasteiger partial charge in [0, 0.05) is 6.04 Å². The molecule has 0 heterocycles. The van der Waals surface area contributed by atoms with Crippen LogP contribution in [0.2, 0.25) is 0 Å². The summed E-state index contributed by atoms with van der Waals surface area (Å²) in [7, 11) is 1.63. The Labute approximate surface area is 108 Å². The molecule has 4 nitrogen and oxygen atoms in total. The highest BCUT2D eigenvalue weighted by molar-refractivity contribution is 5.69. The van der Waals surface area contributed by atoms with Gasteiger partial charge in [-0.05, 0) is 37.6 Å². The van der Waals surface area contributed by atoms with Crippen molar-refractivity contribution in [3.05, 3.63) is 29.8 Å². The minimum absolute atomic E-state index is 0.0617. The fourth-order valence-corrected chi connectivity index (χ4v) is 1.98. The molecular weight excluding hydrogens is 230 g/mol. The van der Waals surface area contributed by atoms with Crippen LogP contribution in [0.25, 0.3) is 0 Å². The van der Waals surface area contributed by atoms with Crippen molar-refractivity contribution >= 4 is 5.97 Å². The third-order valence-corrected chi connectivity index (χ3v) is 2.97. The lowest BCUT2D eigenvalue weighted by Crippen LogP contribution is -2.33. The lowest BCUT2D eigenvalue weighted by molar-refractivity contribution is -0.138. The van der Waals surface area contributed by atoms with Crippen molar-refractivity contribution < 1.29 is 14.6 Å². The Hall–Kier alpha value is -1.55. The summed E-state index contributed by atoms with van der Waals surface area (Å²) < 4.78 is 5.19. The summed E-state index contributed by atoms with van der Waals surface area (Å²) in [5.74, 6) is 0.00400. The molecule has 0 spiro atoms. The second-order valence-corrected chi connectivity index (χ2v) is 4.32. The summed E-state index contributed by atoms with van der Waals surface area (Å²) in [5, 5.41) is 8.94. The molecule has 1 unspecified atom stereocenters. The first kappa shape index (κ1) is 14.5. The Kier molecular flexibility index (Phi) is 5.65. The predicted molar refractivity (Wildman–Crippen MR) is 70.9 cm³/mol. The first-order valence-electron chi connectivity index (χ1n) is 6.18. The third kappa shape index (κ3) is 4.04. The fourth-order valence-electron chi connectivity index (χ4n) is 1.98. The molecule has 0 aliphatic rings. The fraction of sp³-hybridized carbons (Fsp3) is 0.500. The number of ether oxygens (including phenoxy) is 1. The van der Waals surface area contributed by atoms with Crippen LogP contribution in [0.1, 0.15) is 31.9 Å². The maximum absolute atomic E-state index is 10.9. The van der Waals surface area contributed by atoms with Gasteiger partial charge in [-0.3, -0.25) is 9.69 Å². The van der Waals surface area contributed by atoms with Crippen LogP contribution < -0.4 is 4.74 Å². The molecule has 0 aliphatic heterocycles. The molecule has 0 saturated heterocycles. The third-order valence-electron chi connectivity index (χ3n) is 2.97. The number of hydrogen-bond donors (Lipinski definition) is 1. The van der Waals surface area contributed by atoms with Gasteiger partial charge in [0.25, 0.3) is 0 Å². The van der Waals surface area contributed by atoms with E-state index in [1.807, 2.05) is 43.0 Å². The summed E-state index contributed by atoms with van der Waals surface area (Å²) in [6.45, 7) is 4.90. The SMILES string of the molecule is CCCN(CC(=O)O)C(C)c1cccc(OC)c1. The molecule has 0 aliphatic carbocycles. The first-order valence-corrected chi connectivity index (χ1v) is 6.18. The smallest absolute Gasteiger partial charge is 0.317 e. The number of rotatable bonds is 7. The first-order chi connectivity index (χ1) is 8.58. The summed E-state index contributed by atoms with van der Waals surface area (Å²) in [6.07, 6.45) is 0.932. The molecule has 0 saturated carbocycles. The Bertz CT molecular complexity index is 392. The average molecular weight is 251 g/mol. The normalized spacial score (nSPS) is 12.4. The average Bonchev–Trinajstić information content (AvgIpc) is 2.37. The highest BCUT2D eigenvalue weighted by Crippen LogP contribution is 2.23. The van der Waals surface area contributed by atoms with E-state index in [1.165, 1.54) is 0 Å². The second kappa shape index (κ2) is 7.01. The van der Waals surface area contributed by atoms with Gasteiger partial charge in [-0.1, -0.05) is 19.1 Å². The molecule has 1 rings (SSSR count). The number of hydrogen-bond acceptors (Lipinski definition) is 3. The van der Waals surface area contributed by atoms with Crippen LogP contribution in [0.4, 0.5) is 0 Å². The number of carboxylic acids is 1. The molecule has 1 aromatic carbocycles. The van der Waals surface area contributed by atoms with E-state index in [4.69, 9.17) is 9.84 Å². The van der Waals surface area contributed by atoms with E-state index in [9.17, 15) is 4.79 Å². The van der Waals surface area contributed by atoms with E-state index in [0.717, 1.165) is 24.3 Å². The molecule has 1 N–H and O–H groups in total. The van der Waals surface area contributed by atoms with Crippen molar-refractivity contribution in [1.82, 2.24) is 4.90 Å². The zero-order valence-corrected chi connectivity index (χ0v) is 11.2. The minimum atomic E-state index is -0.793. The number of nitrogens with zero attached hydrogens (tertiary/aromatic N) is 1. The van der Waals surface area contributed by atoms with Gasteiger partial charge in [-0.25, -0.2) is 0 Å². The summed E-state index contributed by atoms with van der Waals surface area (Å²) >= 11 is 0. The quantitative estimate of drug-likeness (QED) is 0.809. The second-order valence-electron chi connectivity index (χ2n) is 4.32. The number of benzene rings is 1. The highest BCUT2D eigenvalue weighted by Gasteiger charge is 2.17. The topological polar surface area (TPSA) is 49.8 Å². The van der Waals surface area contributed by atoms with Crippen LogP contribution in [-0.4, -0.2) is 36.2 Å². The Balaban J connectivity index is 2.85. The van der Waals surface area contributed by atoms with E-state index < -0.39 is 5.97 Å². The lowest BCUT2D eigenvalue weighted by atomic mass is 10.1. The van der Waals surface area contributed by atoms with Crippen molar-refractivity contribution in [2.75, 3.05) is 20.2 Å². The van der Waals surface area contributed by atoms with E-state index in [2.05, 4.69) is 0 Å². The summed E-state index contributed by atoms with van der Waals surface area (Å²) in [4.78, 5) is 12.8. The van der Waals surface area contributed by atoms with Gasteiger partial charge in [0.1, 0.15) is 5.75 Å². The molecule has 18 heavy (non-hydrogen) atoms. The van der Waals surface area contributed by atoms with Crippen molar-refractivity contribution in [3.63, 3.8) is 0 Å². The van der Waals surface area contributed by atoms with Crippen LogP contribution in [0, 0.1) is 0 Å². The largest absolute Gasteiger partial charge is 0.497 e. The Morgan fingerprint density at radius 3 is 2.78 bits per heavy atom. The van der Waals surface area contributed by atoms with Crippen LogP contribution in [-0.2, 0) is 4.79 Å². The lowest BCUT2D eigenvalue weighted by Gasteiger charge is -2.27. The zero-order chi connectivity index (χ0) is 13.5. The van der Waals surface area contributed by atoms with Crippen molar-refractivity contribution in [2.45, 2.75) is 26.3 Å². The van der Waals surface area contributed by atoms with E-state index >= 15 is 0 Å².